The molecule has 3 rings (SSSR count). The molecule has 3 nitrogen and oxygen atoms in total. The predicted molar refractivity (Wildman–Crippen MR) is 74.3 cm³/mol. The third kappa shape index (κ3) is 3.15. The maximum Gasteiger partial charge on any atom is 0.418 e. The minimum absolute atomic E-state index is 0.0236. The summed E-state index contributed by atoms with van der Waals surface area (Å²) in [7, 11) is 0. The molecule has 1 aliphatic carbocycles. The van der Waals surface area contributed by atoms with Crippen molar-refractivity contribution in [2.75, 3.05) is 5.32 Å². The van der Waals surface area contributed by atoms with Crippen LogP contribution in [0.15, 0.2) is 30.7 Å². The van der Waals surface area contributed by atoms with E-state index in [1.807, 2.05) is 4.57 Å². The minimum atomic E-state index is -4.44. The van der Waals surface area contributed by atoms with Crippen molar-refractivity contribution in [3.8, 4) is 0 Å². The van der Waals surface area contributed by atoms with Gasteiger partial charge in [-0.25, -0.2) is 4.98 Å². The van der Waals surface area contributed by atoms with Gasteiger partial charge in [-0.3, -0.25) is 0 Å². The SMILES string of the molecule is FC(F)(F)c1cc(Cl)ccc1NCc1cncn1C1CC1. The first kappa shape index (κ1) is 14.3. The van der Waals surface area contributed by atoms with Crippen LogP contribution in [-0.2, 0) is 12.7 Å². The Bertz CT molecular complexity index is 647. The van der Waals surface area contributed by atoms with Crippen LogP contribution in [0.1, 0.15) is 30.1 Å². The number of benzene rings is 1. The van der Waals surface area contributed by atoms with Crippen LogP contribution >= 0.6 is 11.6 Å². The van der Waals surface area contributed by atoms with Gasteiger partial charge < -0.3 is 9.88 Å². The molecule has 0 bridgehead atoms. The molecule has 1 fully saturated rings. The average molecular weight is 316 g/mol. The highest BCUT2D eigenvalue weighted by atomic mass is 35.5. The number of aromatic nitrogens is 2. The molecule has 0 radical (unpaired) electrons. The molecule has 112 valence electrons. The molecule has 1 aromatic heterocycles. The highest BCUT2D eigenvalue weighted by molar-refractivity contribution is 6.30. The fourth-order valence-corrected chi connectivity index (χ4v) is 2.41. The Balaban J connectivity index is 1.80. The van der Waals surface area contributed by atoms with Gasteiger partial charge in [-0.1, -0.05) is 11.6 Å². The van der Waals surface area contributed by atoms with E-state index in [4.69, 9.17) is 11.6 Å². The molecular weight excluding hydrogens is 303 g/mol. The molecular formula is C14H13ClF3N3. The molecule has 0 amide bonds. The largest absolute Gasteiger partial charge is 0.418 e. The Morgan fingerprint density at radius 1 is 1.33 bits per heavy atom. The number of anilines is 1. The van der Waals surface area contributed by atoms with Gasteiger partial charge in [0, 0.05) is 22.9 Å². The summed E-state index contributed by atoms with van der Waals surface area (Å²) < 4.78 is 41.0. The van der Waals surface area contributed by atoms with E-state index >= 15 is 0 Å². The summed E-state index contributed by atoms with van der Waals surface area (Å²) in [6.07, 6.45) is 1.15. The van der Waals surface area contributed by atoms with Crippen molar-refractivity contribution in [3.63, 3.8) is 0 Å². The second-order valence-corrected chi connectivity index (χ2v) is 5.50. The van der Waals surface area contributed by atoms with Crippen LogP contribution in [0, 0.1) is 0 Å². The number of halogens is 4. The highest BCUT2D eigenvalue weighted by Gasteiger charge is 2.34. The number of rotatable bonds is 4. The van der Waals surface area contributed by atoms with Crippen molar-refractivity contribution in [1.82, 2.24) is 9.55 Å². The van der Waals surface area contributed by atoms with Gasteiger partial charge in [0.05, 0.1) is 24.1 Å². The van der Waals surface area contributed by atoms with Gasteiger partial charge in [0.1, 0.15) is 0 Å². The van der Waals surface area contributed by atoms with Crippen LogP contribution in [0.2, 0.25) is 5.02 Å². The first-order chi connectivity index (χ1) is 9.95. The Morgan fingerprint density at radius 3 is 2.76 bits per heavy atom. The molecule has 1 aromatic carbocycles. The molecule has 2 aromatic rings. The third-order valence-electron chi connectivity index (χ3n) is 3.43. The zero-order valence-corrected chi connectivity index (χ0v) is 11.7. The van der Waals surface area contributed by atoms with Crippen molar-refractivity contribution in [2.45, 2.75) is 31.6 Å². The van der Waals surface area contributed by atoms with E-state index < -0.39 is 11.7 Å². The lowest BCUT2D eigenvalue weighted by Gasteiger charge is -2.15. The molecule has 0 unspecified atom stereocenters. The number of alkyl halides is 3. The summed E-state index contributed by atoms with van der Waals surface area (Å²) in [4.78, 5) is 4.06. The van der Waals surface area contributed by atoms with Crippen LogP contribution < -0.4 is 5.32 Å². The Labute approximate surface area is 124 Å². The fourth-order valence-electron chi connectivity index (χ4n) is 2.24. The van der Waals surface area contributed by atoms with E-state index in [0.29, 0.717) is 12.6 Å². The second kappa shape index (κ2) is 5.26. The monoisotopic (exact) mass is 315 g/mol. The molecule has 21 heavy (non-hydrogen) atoms. The number of hydrogen-bond acceptors (Lipinski definition) is 2. The Morgan fingerprint density at radius 2 is 2.10 bits per heavy atom. The quantitative estimate of drug-likeness (QED) is 0.900. The normalized spacial score (nSPS) is 15.2. The zero-order valence-electron chi connectivity index (χ0n) is 11.0. The van der Waals surface area contributed by atoms with Crippen LogP contribution in [-0.4, -0.2) is 9.55 Å². The van der Waals surface area contributed by atoms with Crippen molar-refractivity contribution in [3.05, 3.63) is 47.0 Å². The molecule has 0 spiro atoms. The molecule has 0 atom stereocenters. The summed E-state index contributed by atoms with van der Waals surface area (Å²) in [6.45, 7) is 0.293. The van der Waals surface area contributed by atoms with E-state index in [9.17, 15) is 13.2 Å². The molecule has 1 saturated carbocycles. The Hall–Kier alpha value is -1.69. The predicted octanol–water partition coefficient (Wildman–Crippen LogP) is 4.50. The minimum Gasteiger partial charge on any atom is -0.379 e. The van der Waals surface area contributed by atoms with Crippen molar-refractivity contribution < 1.29 is 13.2 Å². The van der Waals surface area contributed by atoms with Gasteiger partial charge in [-0.2, -0.15) is 13.2 Å². The van der Waals surface area contributed by atoms with Crippen molar-refractivity contribution in [1.29, 1.82) is 0 Å². The maximum absolute atomic E-state index is 13.0. The van der Waals surface area contributed by atoms with Gasteiger partial charge in [-0.05, 0) is 31.0 Å². The van der Waals surface area contributed by atoms with Gasteiger partial charge in [0.2, 0.25) is 0 Å². The number of imidazole rings is 1. The van der Waals surface area contributed by atoms with Crippen molar-refractivity contribution >= 4 is 17.3 Å². The van der Waals surface area contributed by atoms with E-state index in [1.54, 1.807) is 12.5 Å². The Kier molecular flexibility index (Phi) is 3.57. The van der Waals surface area contributed by atoms with Crippen molar-refractivity contribution in [2.24, 2.45) is 0 Å². The summed E-state index contributed by atoms with van der Waals surface area (Å²) in [5, 5.41) is 2.90. The van der Waals surface area contributed by atoms with E-state index in [2.05, 4.69) is 10.3 Å². The summed E-state index contributed by atoms with van der Waals surface area (Å²) in [5.41, 5.74) is 0.142. The summed E-state index contributed by atoms with van der Waals surface area (Å²) in [5.74, 6) is 0. The fraction of sp³-hybridized carbons (Fsp3) is 0.357. The van der Waals surface area contributed by atoms with Crippen LogP contribution in [0.4, 0.5) is 18.9 Å². The summed E-state index contributed by atoms with van der Waals surface area (Å²) in [6, 6.07) is 4.17. The first-order valence-corrected chi connectivity index (χ1v) is 6.94. The number of nitrogens with zero attached hydrogens (tertiary/aromatic N) is 2. The lowest BCUT2D eigenvalue weighted by Crippen LogP contribution is -2.12. The van der Waals surface area contributed by atoms with Gasteiger partial charge in [-0.15, -0.1) is 0 Å². The molecule has 1 heterocycles. The second-order valence-electron chi connectivity index (χ2n) is 5.06. The van der Waals surface area contributed by atoms with Gasteiger partial charge >= 0.3 is 6.18 Å². The van der Waals surface area contributed by atoms with E-state index in [1.165, 1.54) is 12.1 Å². The van der Waals surface area contributed by atoms with Crippen LogP contribution in [0.25, 0.3) is 0 Å². The molecule has 7 heteroatoms. The maximum atomic E-state index is 13.0. The molecule has 0 saturated heterocycles. The summed E-state index contributed by atoms with van der Waals surface area (Å²) >= 11 is 5.66. The van der Waals surface area contributed by atoms with Crippen LogP contribution in [0.3, 0.4) is 0 Å². The first-order valence-electron chi connectivity index (χ1n) is 6.56. The van der Waals surface area contributed by atoms with E-state index in [-0.39, 0.29) is 10.7 Å². The lowest BCUT2D eigenvalue weighted by atomic mass is 10.1. The molecule has 0 aliphatic heterocycles. The standard InChI is InChI=1S/C14H13ClF3N3/c15-9-1-4-13(12(5-9)14(16,17)18)20-7-11-6-19-8-21(11)10-2-3-10/h1,4-6,8,10,20H,2-3,7H2. The average Bonchev–Trinajstić information content (AvgIpc) is 3.15. The third-order valence-corrected chi connectivity index (χ3v) is 3.67. The topological polar surface area (TPSA) is 29.9 Å². The smallest absolute Gasteiger partial charge is 0.379 e. The highest BCUT2D eigenvalue weighted by Crippen LogP contribution is 2.38. The number of nitrogens with one attached hydrogen (secondary N) is 1. The lowest BCUT2D eigenvalue weighted by molar-refractivity contribution is -0.136. The number of hydrogen-bond donors (Lipinski definition) is 1. The molecule has 1 aliphatic rings. The van der Waals surface area contributed by atoms with Gasteiger partial charge in [0.25, 0.3) is 0 Å². The van der Waals surface area contributed by atoms with E-state index in [0.717, 1.165) is 24.6 Å². The molecule has 1 N–H and O–H groups in total. The zero-order chi connectivity index (χ0) is 15.0. The van der Waals surface area contributed by atoms with Crippen LogP contribution in [0.5, 0.6) is 0 Å². The van der Waals surface area contributed by atoms with Gasteiger partial charge in [0.15, 0.2) is 0 Å².